The highest BCUT2D eigenvalue weighted by Gasteiger charge is 2.45. The fourth-order valence-electron chi connectivity index (χ4n) is 1.52. The predicted octanol–water partition coefficient (Wildman–Crippen LogP) is -3.75. The Bertz CT molecular complexity index is 281. The van der Waals surface area contributed by atoms with E-state index in [1.54, 1.807) is 0 Å². The molecular weight excluding hydrogens is 252 g/mol. The number of carboxylic acid groups (broad SMARTS) is 1. The van der Waals surface area contributed by atoms with Crippen LogP contribution in [0.25, 0.3) is 0 Å². The van der Waals surface area contributed by atoms with Crippen LogP contribution in [0.1, 0.15) is 0 Å². The Morgan fingerprint density at radius 3 is 2.22 bits per heavy atom. The zero-order valence-corrected chi connectivity index (χ0v) is 9.29. The Kier molecular flexibility index (Phi) is 5.41. The minimum absolute atomic E-state index is 0.651. The van der Waals surface area contributed by atoms with Crippen molar-refractivity contribution < 1.29 is 44.9 Å². The molecule has 1 rings (SSSR count). The maximum Gasteiger partial charge on any atom is 0.335 e. The van der Waals surface area contributed by atoms with Gasteiger partial charge >= 0.3 is 5.97 Å². The molecule has 1 aliphatic heterocycles. The smallest absolute Gasteiger partial charge is 0.335 e. The van der Waals surface area contributed by atoms with Crippen LogP contribution in [0.15, 0.2) is 0 Å². The van der Waals surface area contributed by atoms with E-state index in [9.17, 15) is 20.1 Å². The van der Waals surface area contributed by atoms with Crippen LogP contribution >= 0.6 is 0 Å². The topological polar surface area (TPSA) is 157 Å². The maximum absolute atomic E-state index is 10.6. The normalized spacial score (nSPS) is 38.4. The van der Waals surface area contributed by atoms with Crippen LogP contribution in [0.2, 0.25) is 0 Å². The number of aliphatic hydroxyl groups excluding tert-OH is 5. The molecule has 0 bridgehead atoms. The molecule has 1 heterocycles. The minimum atomic E-state index is -1.70. The number of rotatable bonds is 5. The Morgan fingerprint density at radius 2 is 1.78 bits per heavy atom. The molecule has 0 saturated carbocycles. The van der Waals surface area contributed by atoms with Crippen molar-refractivity contribution in [3.63, 3.8) is 0 Å². The summed E-state index contributed by atoms with van der Waals surface area (Å²) in [6.45, 7) is -1.51. The lowest BCUT2D eigenvalue weighted by Gasteiger charge is -2.40. The largest absolute Gasteiger partial charge is 0.479 e. The molecule has 0 aromatic rings. The summed E-state index contributed by atoms with van der Waals surface area (Å²) in [6.07, 6.45) is -9.32. The molecule has 106 valence electrons. The highest BCUT2D eigenvalue weighted by molar-refractivity contribution is 5.72. The van der Waals surface area contributed by atoms with Crippen molar-refractivity contribution in [1.29, 1.82) is 0 Å². The second kappa shape index (κ2) is 6.38. The molecule has 6 N–H and O–H groups in total. The van der Waals surface area contributed by atoms with Crippen molar-refractivity contribution in [2.75, 3.05) is 13.2 Å². The first-order chi connectivity index (χ1) is 8.42. The Hall–Kier alpha value is -0.810. The van der Waals surface area contributed by atoms with E-state index in [-0.39, 0.29) is 0 Å². The van der Waals surface area contributed by atoms with Crippen molar-refractivity contribution in [3.05, 3.63) is 0 Å². The molecule has 0 aromatic carbocycles. The average Bonchev–Trinajstić information content (AvgIpc) is 2.35. The first kappa shape index (κ1) is 15.2. The predicted molar refractivity (Wildman–Crippen MR) is 53.4 cm³/mol. The molecule has 0 aromatic heterocycles. The molecule has 9 nitrogen and oxygen atoms in total. The second-order valence-corrected chi connectivity index (χ2v) is 3.84. The van der Waals surface area contributed by atoms with Gasteiger partial charge in [-0.05, 0) is 0 Å². The van der Waals surface area contributed by atoms with Crippen LogP contribution in [-0.2, 0) is 14.3 Å². The van der Waals surface area contributed by atoms with Crippen molar-refractivity contribution in [2.24, 2.45) is 0 Å². The van der Waals surface area contributed by atoms with E-state index >= 15 is 0 Å². The molecule has 3 unspecified atom stereocenters. The van der Waals surface area contributed by atoms with E-state index in [4.69, 9.17) is 24.8 Å². The molecule has 0 spiro atoms. The summed E-state index contributed by atoms with van der Waals surface area (Å²) in [7, 11) is 0. The fourth-order valence-corrected chi connectivity index (χ4v) is 1.52. The summed E-state index contributed by atoms with van der Waals surface area (Å²) in [5, 5.41) is 54.7. The zero-order chi connectivity index (χ0) is 13.9. The lowest BCUT2D eigenvalue weighted by Crippen LogP contribution is -2.60. The molecule has 6 atom stereocenters. The number of aliphatic hydroxyl groups is 5. The van der Waals surface area contributed by atoms with Crippen LogP contribution in [0.5, 0.6) is 0 Å². The molecule has 0 amide bonds. The Labute approximate surface area is 102 Å². The van der Waals surface area contributed by atoms with E-state index in [1.165, 1.54) is 0 Å². The van der Waals surface area contributed by atoms with E-state index in [0.29, 0.717) is 0 Å². The highest BCUT2D eigenvalue weighted by atomic mass is 16.7. The lowest BCUT2D eigenvalue weighted by atomic mass is 9.99. The number of carbonyl (C=O) groups is 1. The number of carboxylic acids is 1. The van der Waals surface area contributed by atoms with E-state index in [0.717, 1.165) is 0 Å². The van der Waals surface area contributed by atoms with Gasteiger partial charge in [0.25, 0.3) is 0 Å². The summed E-state index contributed by atoms with van der Waals surface area (Å²) in [4.78, 5) is 10.6. The average molecular weight is 268 g/mol. The SMILES string of the molecule is O=C(O)[C@@H](CO)OC1OC(CO)[C@H](O)[C@H](O)C1O. The van der Waals surface area contributed by atoms with Gasteiger partial charge in [0.1, 0.15) is 24.4 Å². The summed E-state index contributed by atoms with van der Waals surface area (Å²) < 4.78 is 9.67. The lowest BCUT2D eigenvalue weighted by molar-refractivity contribution is -0.311. The minimum Gasteiger partial charge on any atom is -0.479 e. The third-order valence-corrected chi connectivity index (χ3v) is 2.59. The summed E-state index contributed by atoms with van der Waals surface area (Å²) in [5.41, 5.74) is 0. The van der Waals surface area contributed by atoms with Crippen LogP contribution < -0.4 is 0 Å². The zero-order valence-electron chi connectivity index (χ0n) is 9.29. The molecule has 18 heavy (non-hydrogen) atoms. The third kappa shape index (κ3) is 3.14. The molecule has 1 fully saturated rings. The molecule has 0 radical (unpaired) electrons. The van der Waals surface area contributed by atoms with E-state index in [1.807, 2.05) is 0 Å². The van der Waals surface area contributed by atoms with Gasteiger partial charge in [-0.2, -0.15) is 0 Å². The molecule has 9 heteroatoms. The molecule has 1 saturated heterocycles. The third-order valence-electron chi connectivity index (χ3n) is 2.59. The van der Waals surface area contributed by atoms with Gasteiger partial charge < -0.3 is 40.1 Å². The summed E-state index contributed by atoms with van der Waals surface area (Å²) in [6, 6.07) is 0. The first-order valence-corrected chi connectivity index (χ1v) is 5.22. The monoisotopic (exact) mass is 268 g/mol. The van der Waals surface area contributed by atoms with Gasteiger partial charge in [-0.15, -0.1) is 0 Å². The van der Waals surface area contributed by atoms with Crippen LogP contribution in [0, 0.1) is 0 Å². The van der Waals surface area contributed by atoms with E-state index < -0.39 is 56.0 Å². The van der Waals surface area contributed by atoms with Gasteiger partial charge in [0.05, 0.1) is 13.2 Å². The first-order valence-electron chi connectivity index (χ1n) is 5.22. The van der Waals surface area contributed by atoms with Gasteiger partial charge in [-0.25, -0.2) is 4.79 Å². The Balaban J connectivity index is 2.72. The number of ether oxygens (including phenoxy) is 2. The van der Waals surface area contributed by atoms with Crippen molar-refractivity contribution in [1.82, 2.24) is 0 Å². The quantitative estimate of drug-likeness (QED) is 0.294. The number of hydrogen-bond acceptors (Lipinski definition) is 8. The van der Waals surface area contributed by atoms with Gasteiger partial charge in [-0.3, -0.25) is 0 Å². The maximum atomic E-state index is 10.6. The summed E-state index contributed by atoms with van der Waals surface area (Å²) >= 11 is 0. The molecule has 1 aliphatic rings. The standard InChI is InChI=1S/C9H16O9/c10-1-3-5(12)6(13)7(14)9(17-3)18-4(2-11)8(15)16/h3-7,9-14H,1-2H2,(H,15,16)/t3?,4-,5+,6+,7?,9?/m1/s1. The number of hydrogen-bond donors (Lipinski definition) is 6. The molecule has 0 aliphatic carbocycles. The molecular formula is C9H16O9. The van der Waals surface area contributed by atoms with Crippen LogP contribution in [-0.4, -0.2) is 86.6 Å². The van der Waals surface area contributed by atoms with Gasteiger partial charge in [0, 0.05) is 0 Å². The number of aliphatic carboxylic acids is 1. The van der Waals surface area contributed by atoms with Crippen LogP contribution in [0.3, 0.4) is 0 Å². The van der Waals surface area contributed by atoms with Crippen molar-refractivity contribution in [3.8, 4) is 0 Å². The Morgan fingerprint density at radius 1 is 1.17 bits per heavy atom. The van der Waals surface area contributed by atoms with Gasteiger partial charge in [0.15, 0.2) is 12.4 Å². The van der Waals surface area contributed by atoms with Gasteiger partial charge in [-0.1, -0.05) is 0 Å². The van der Waals surface area contributed by atoms with Crippen molar-refractivity contribution >= 4 is 5.97 Å². The van der Waals surface area contributed by atoms with Crippen LogP contribution in [0.4, 0.5) is 0 Å². The van der Waals surface area contributed by atoms with Gasteiger partial charge in [0.2, 0.25) is 0 Å². The summed E-state index contributed by atoms with van der Waals surface area (Å²) in [5.74, 6) is -1.48. The van der Waals surface area contributed by atoms with E-state index in [2.05, 4.69) is 0 Å². The highest BCUT2D eigenvalue weighted by Crippen LogP contribution is 2.22. The van der Waals surface area contributed by atoms with Crippen molar-refractivity contribution in [2.45, 2.75) is 36.8 Å². The second-order valence-electron chi connectivity index (χ2n) is 3.84. The fraction of sp³-hybridized carbons (Fsp3) is 0.889.